The average molecular weight is 274 g/mol. The second-order valence-electron chi connectivity index (χ2n) is 7.29. The molecule has 1 aliphatic heterocycles. The summed E-state index contributed by atoms with van der Waals surface area (Å²) in [5.41, 5.74) is 8.91. The molecular formula is C18H30N2. The van der Waals surface area contributed by atoms with Gasteiger partial charge in [-0.2, -0.15) is 0 Å². The highest BCUT2D eigenvalue weighted by Crippen LogP contribution is 2.28. The molecule has 0 spiro atoms. The molecule has 20 heavy (non-hydrogen) atoms. The minimum absolute atomic E-state index is 0.234. The molecular weight excluding hydrogens is 244 g/mol. The highest BCUT2D eigenvalue weighted by atomic mass is 15.2. The molecule has 2 atom stereocenters. The third-order valence-corrected chi connectivity index (χ3v) is 4.69. The van der Waals surface area contributed by atoms with Crippen LogP contribution in [0.4, 0.5) is 0 Å². The zero-order valence-electron chi connectivity index (χ0n) is 13.5. The SMILES string of the molecule is CC(c1ccc(C(C)(C)C)cc1)N1CCCC(CN)C1. The summed E-state index contributed by atoms with van der Waals surface area (Å²) >= 11 is 0. The van der Waals surface area contributed by atoms with E-state index in [1.807, 2.05) is 0 Å². The van der Waals surface area contributed by atoms with E-state index in [0.29, 0.717) is 12.0 Å². The first kappa shape index (κ1) is 15.5. The third kappa shape index (κ3) is 3.62. The van der Waals surface area contributed by atoms with Crippen LogP contribution in [0.1, 0.15) is 57.7 Å². The number of piperidine rings is 1. The molecule has 1 heterocycles. The second kappa shape index (κ2) is 6.28. The fraction of sp³-hybridized carbons (Fsp3) is 0.667. The fourth-order valence-corrected chi connectivity index (χ4v) is 3.11. The summed E-state index contributed by atoms with van der Waals surface area (Å²) in [5.74, 6) is 0.681. The topological polar surface area (TPSA) is 29.3 Å². The molecule has 0 radical (unpaired) electrons. The molecule has 0 saturated carbocycles. The van der Waals surface area contributed by atoms with E-state index in [0.717, 1.165) is 13.1 Å². The van der Waals surface area contributed by atoms with Crippen LogP contribution in [-0.2, 0) is 5.41 Å². The standard InChI is InChI=1S/C18H30N2/c1-14(20-11-5-6-15(12-19)13-20)16-7-9-17(10-8-16)18(2,3)4/h7-10,14-15H,5-6,11-13,19H2,1-4H3. The Hall–Kier alpha value is -0.860. The number of benzene rings is 1. The predicted molar refractivity (Wildman–Crippen MR) is 86.9 cm³/mol. The Morgan fingerprint density at radius 3 is 2.45 bits per heavy atom. The lowest BCUT2D eigenvalue weighted by Crippen LogP contribution is -2.39. The van der Waals surface area contributed by atoms with Gasteiger partial charge in [-0.15, -0.1) is 0 Å². The van der Waals surface area contributed by atoms with Crippen LogP contribution in [0.25, 0.3) is 0 Å². The lowest BCUT2D eigenvalue weighted by atomic mass is 9.86. The first-order valence-corrected chi connectivity index (χ1v) is 7.96. The van der Waals surface area contributed by atoms with Crippen LogP contribution < -0.4 is 5.73 Å². The van der Waals surface area contributed by atoms with Crippen LogP contribution in [0, 0.1) is 5.92 Å². The van der Waals surface area contributed by atoms with E-state index in [1.165, 1.54) is 30.5 Å². The molecule has 0 aliphatic carbocycles. The quantitative estimate of drug-likeness (QED) is 0.910. The number of rotatable bonds is 3. The minimum Gasteiger partial charge on any atom is -0.330 e. The number of hydrogen-bond acceptors (Lipinski definition) is 2. The first-order chi connectivity index (χ1) is 9.41. The number of likely N-dealkylation sites (tertiary alicyclic amines) is 1. The predicted octanol–water partition coefficient (Wildman–Crippen LogP) is 3.72. The molecule has 1 aliphatic rings. The Kier molecular flexibility index (Phi) is 4.87. The molecule has 2 heteroatoms. The Labute approximate surface area is 124 Å². The summed E-state index contributed by atoms with van der Waals surface area (Å²) in [6, 6.07) is 9.68. The van der Waals surface area contributed by atoms with Gasteiger partial charge in [0.15, 0.2) is 0 Å². The van der Waals surface area contributed by atoms with Gasteiger partial charge < -0.3 is 5.73 Å². The molecule has 112 valence electrons. The zero-order chi connectivity index (χ0) is 14.8. The van der Waals surface area contributed by atoms with Gasteiger partial charge in [-0.25, -0.2) is 0 Å². The molecule has 0 amide bonds. The van der Waals surface area contributed by atoms with Crippen molar-refractivity contribution in [3.05, 3.63) is 35.4 Å². The maximum Gasteiger partial charge on any atom is 0.0320 e. The molecule has 2 N–H and O–H groups in total. The van der Waals surface area contributed by atoms with Crippen molar-refractivity contribution in [2.75, 3.05) is 19.6 Å². The lowest BCUT2D eigenvalue weighted by Gasteiger charge is -2.36. The van der Waals surface area contributed by atoms with E-state index < -0.39 is 0 Å². The Morgan fingerprint density at radius 1 is 1.25 bits per heavy atom. The minimum atomic E-state index is 0.234. The second-order valence-corrected chi connectivity index (χ2v) is 7.29. The van der Waals surface area contributed by atoms with Crippen LogP contribution >= 0.6 is 0 Å². The first-order valence-electron chi connectivity index (χ1n) is 7.96. The summed E-state index contributed by atoms with van der Waals surface area (Å²) < 4.78 is 0. The Balaban J connectivity index is 2.07. The molecule has 1 aromatic rings. The van der Waals surface area contributed by atoms with Crippen molar-refractivity contribution in [1.29, 1.82) is 0 Å². The van der Waals surface area contributed by atoms with Gasteiger partial charge in [0.05, 0.1) is 0 Å². The van der Waals surface area contributed by atoms with Crippen molar-refractivity contribution in [3.8, 4) is 0 Å². The van der Waals surface area contributed by atoms with Gasteiger partial charge in [-0.1, -0.05) is 45.0 Å². The number of nitrogens with two attached hydrogens (primary N) is 1. The molecule has 1 saturated heterocycles. The van der Waals surface area contributed by atoms with Crippen LogP contribution in [0.15, 0.2) is 24.3 Å². The summed E-state index contributed by atoms with van der Waals surface area (Å²) in [7, 11) is 0. The number of hydrogen-bond donors (Lipinski definition) is 1. The van der Waals surface area contributed by atoms with E-state index in [1.54, 1.807) is 0 Å². The van der Waals surface area contributed by atoms with Crippen molar-refractivity contribution in [3.63, 3.8) is 0 Å². The zero-order valence-corrected chi connectivity index (χ0v) is 13.5. The molecule has 1 fully saturated rings. The van der Waals surface area contributed by atoms with Gasteiger partial charge in [-0.05, 0) is 55.3 Å². The van der Waals surface area contributed by atoms with Crippen molar-refractivity contribution < 1.29 is 0 Å². The van der Waals surface area contributed by atoms with Crippen molar-refractivity contribution in [2.45, 2.75) is 52.0 Å². The highest BCUT2D eigenvalue weighted by Gasteiger charge is 2.23. The van der Waals surface area contributed by atoms with Gasteiger partial charge in [0.2, 0.25) is 0 Å². The van der Waals surface area contributed by atoms with Crippen LogP contribution in [0.5, 0.6) is 0 Å². The van der Waals surface area contributed by atoms with Crippen LogP contribution in [0.3, 0.4) is 0 Å². The van der Waals surface area contributed by atoms with Gasteiger partial charge in [0.25, 0.3) is 0 Å². The van der Waals surface area contributed by atoms with Crippen LogP contribution in [-0.4, -0.2) is 24.5 Å². The Morgan fingerprint density at radius 2 is 1.90 bits per heavy atom. The van der Waals surface area contributed by atoms with Crippen molar-refractivity contribution in [2.24, 2.45) is 11.7 Å². The summed E-state index contributed by atoms with van der Waals surface area (Å²) in [6.07, 6.45) is 2.58. The molecule has 2 nitrogen and oxygen atoms in total. The molecule has 2 unspecified atom stereocenters. The van der Waals surface area contributed by atoms with Crippen molar-refractivity contribution >= 4 is 0 Å². The fourth-order valence-electron chi connectivity index (χ4n) is 3.11. The van der Waals surface area contributed by atoms with Gasteiger partial charge >= 0.3 is 0 Å². The van der Waals surface area contributed by atoms with E-state index in [4.69, 9.17) is 5.73 Å². The molecule has 1 aromatic carbocycles. The summed E-state index contributed by atoms with van der Waals surface area (Å²) in [4.78, 5) is 2.59. The largest absolute Gasteiger partial charge is 0.330 e. The average Bonchev–Trinajstić information content (AvgIpc) is 2.46. The van der Waals surface area contributed by atoms with Crippen LogP contribution in [0.2, 0.25) is 0 Å². The van der Waals surface area contributed by atoms with Crippen molar-refractivity contribution in [1.82, 2.24) is 4.90 Å². The van der Waals surface area contributed by atoms with E-state index in [-0.39, 0.29) is 5.41 Å². The maximum atomic E-state index is 5.85. The summed E-state index contributed by atoms with van der Waals surface area (Å²) in [6.45, 7) is 12.3. The van der Waals surface area contributed by atoms with E-state index in [2.05, 4.69) is 56.9 Å². The number of nitrogens with zero attached hydrogens (tertiary/aromatic N) is 1. The van der Waals surface area contributed by atoms with Gasteiger partial charge in [0, 0.05) is 12.6 Å². The molecule has 0 bridgehead atoms. The molecule has 2 rings (SSSR count). The Bertz CT molecular complexity index is 416. The lowest BCUT2D eigenvalue weighted by molar-refractivity contribution is 0.134. The summed E-state index contributed by atoms with van der Waals surface area (Å²) in [5, 5.41) is 0. The smallest absolute Gasteiger partial charge is 0.0320 e. The van der Waals surface area contributed by atoms with Gasteiger partial charge in [0.1, 0.15) is 0 Å². The monoisotopic (exact) mass is 274 g/mol. The third-order valence-electron chi connectivity index (χ3n) is 4.69. The van der Waals surface area contributed by atoms with E-state index in [9.17, 15) is 0 Å². The van der Waals surface area contributed by atoms with E-state index >= 15 is 0 Å². The molecule has 0 aromatic heterocycles. The van der Waals surface area contributed by atoms with Gasteiger partial charge in [-0.3, -0.25) is 4.90 Å². The normalized spacial score (nSPS) is 22.8. The maximum absolute atomic E-state index is 5.85. The highest BCUT2D eigenvalue weighted by molar-refractivity contribution is 5.29.